The highest BCUT2D eigenvalue weighted by atomic mass is 16.3. The maximum Gasteiger partial charge on any atom is 0.156 e. The summed E-state index contributed by atoms with van der Waals surface area (Å²) >= 11 is 0. The Morgan fingerprint density at radius 2 is 1.80 bits per heavy atom. The third-order valence-electron chi connectivity index (χ3n) is 2.79. The van der Waals surface area contributed by atoms with Gasteiger partial charge in [-0.25, -0.2) is 0 Å². The lowest BCUT2D eigenvalue weighted by atomic mass is 10.1. The summed E-state index contributed by atoms with van der Waals surface area (Å²) in [6, 6.07) is 8.22. The van der Waals surface area contributed by atoms with E-state index in [0.29, 0.717) is 0 Å². The molecule has 3 rings (SSSR count). The lowest BCUT2D eigenvalue weighted by molar-refractivity contribution is 0.660. The summed E-state index contributed by atoms with van der Waals surface area (Å²) in [6.07, 6.45) is 1.83. The summed E-state index contributed by atoms with van der Waals surface area (Å²) in [5.74, 6) is 0. The fraction of sp³-hybridized carbons (Fsp3) is 0.154. The number of pyridine rings is 1. The van der Waals surface area contributed by atoms with Crippen LogP contribution < -0.4 is 0 Å². The van der Waals surface area contributed by atoms with Gasteiger partial charge < -0.3 is 4.42 Å². The van der Waals surface area contributed by atoms with E-state index in [0.717, 1.165) is 22.2 Å². The summed E-state index contributed by atoms with van der Waals surface area (Å²) in [4.78, 5) is 4.24. The molecule has 0 aliphatic heterocycles. The lowest BCUT2D eigenvalue weighted by Gasteiger charge is -1.91. The van der Waals surface area contributed by atoms with E-state index >= 15 is 0 Å². The molecule has 0 N–H and O–H groups in total. The predicted octanol–water partition coefficient (Wildman–Crippen LogP) is 3.60. The van der Waals surface area contributed by atoms with Gasteiger partial charge in [0.1, 0.15) is 5.58 Å². The number of rotatable bonds is 0. The van der Waals surface area contributed by atoms with E-state index in [1.165, 1.54) is 10.9 Å². The van der Waals surface area contributed by atoms with Gasteiger partial charge in [-0.05, 0) is 25.5 Å². The van der Waals surface area contributed by atoms with Crippen molar-refractivity contribution in [3.05, 3.63) is 41.7 Å². The van der Waals surface area contributed by atoms with Crippen LogP contribution in [0.5, 0.6) is 0 Å². The molecule has 15 heavy (non-hydrogen) atoms. The summed E-state index contributed by atoms with van der Waals surface area (Å²) < 4.78 is 5.85. The van der Waals surface area contributed by atoms with Gasteiger partial charge in [0.05, 0.1) is 5.69 Å². The first-order valence-electron chi connectivity index (χ1n) is 5.01. The third kappa shape index (κ3) is 1.08. The Bertz CT molecular complexity index is 596. The average molecular weight is 197 g/mol. The number of aromatic nitrogens is 1. The Morgan fingerprint density at radius 1 is 1.00 bits per heavy atom. The normalized spacial score (nSPS) is 11.3. The first kappa shape index (κ1) is 8.48. The molecule has 0 fully saturated rings. The number of hydrogen-bond acceptors (Lipinski definition) is 2. The van der Waals surface area contributed by atoms with E-state index in [1.807, 2.05) is 19.2 Å². The van der Waals surface area contributed by atoms with Gasteiger partial charge >= 0.3 is 0 Å². The molecule has 0 spiro atoms. The first-order valence-corrected chi connectivity index (χ1v) is 5.01. The standard InChI is InChI=1S/C13H11NO/c1-8-4-3-5-10-11-6-7-14-9(2)13(11)15-12(8)10/h3-7H,1-2H3. The van der Waals surface area contributed by atoms with Crippen LogP contribution in [0.25, 0.3) is 21.9 Å². The minimum Gasteiger partial charge on any atom is -0.454 e. The molecule has 2 aromatic heterocycles. The van der Waals surface area contributed by atoms with Crippen molar-refractivity contribution < 1.29 is 4.42 Å². The predicted molar refractivity (Wildman–Crippen MR) is 61.0 cm³/mol. The van der Waals surface area contributed by atoms with Gasteiger partial charge in [0.15, 0.2) is 5.58 Å². The zero-order valence-electron chi connectivity index (χ0n) is 8.74. The molecule has 74 valence electrons. The van der Waals surface area contributed by atoms with Gasteiger partial charge in [-0.15, -0.1) is 0 Å². The molecule has 1 aromatic carbocycles. The van der Waals surface area contributed by atoms with Crippen LogP contribution in [0.2, 0.25) is 0 Å². The van der Waals surface area contributed by atoms with Crippen molar-refractivity contribution in [3.63, 3.8) is 0 Å². The van der Waals surface area contributed by atoms with Crippen molar-refractivity contribution in [3.8, 4) is 0 Å². The zero-order valence-corrected chi connectivity index (χ0v) is 8.74. The molecule has 0 amide bonds. The molecule has 0 unspecified atom stereocenters. The minimum atomic E-state index is 0.904. The Hall–Kier alpha value is -1.83. The number of para-hydroxylation sites is 1. The summed E-state index contributed by atoms with van der Waals surface area (Å²) in [7, 11) is 0. The number of hydrogen-bond donors (Lipinski definition) is 0. The maximum absolute atomic E-state index is 5.85. The van der Waals surface area contributed by atoms with Crippen molar-refractivity contribution in [2.45, 2.75) is 13.8 Å². The average Bonchev–Trinajstić information content (AvgIpc) is 2.60. The molecule has 0 saturated heterocycles. The smallest absolute Gasteiger partial charge is 0.156 e. The summed E-state index contributed by atoms with van der Waals surface area (Å²) in [5.41, 5.74) is 4.00. The summed E-state index contributed by atoms with van der Waals surface area (Å²) in [5, 5.41) is 2.33. The number of nitrogens with zero attached hydrogens (tertiary/aromatic N) is 1. The van der Waals surface area contributed by atoms with Crippen LogP contribution in [-0.2, 0) is 0 Å². The second kappa shape index (κ2) is 2.83. The monoisotopic (exact) mass is 197 g/mol. The van der Waals surface area contributed by atoms with E-state index in [9.17, 15) is 0 Å². The van der Waals surface area contributed by atoms with E-state index in [1.54, 1.807) is 0 Å². The molecule has 0 atom stereocenters. The second-order valence-electron chi connectivity index (χ2n) is 3.83. The molecule has 2 heteroatoms. The minimum absolute atomic E-state index is 0.904. The highest BCUT2D eigenvalue weighted by molar-refractivity contribution is 6.06. The number of furan rings is 1. The van der Waals surface area contributed by atoms with Crippen LogP contribution in [0.3, 0.4) is 0 Å². The quantitative estimate of drug-likeness (QED) is 0.550. The highest BCUT2D eigenvalue weighted by Crippen LogP contribution is 2.31. The molecule has 0 saturated carbocycles. The molecule has 2 heterocycles. The van der Waals surface area contributed by atoms with Gasteiger partial charge in [0, 0.05) is 17.0 Å². The zero-order chi connectivity index (χ0) is 10.4. The highest BCUT2D eigenvalue weighted by Gasteiger charge is 2.09. The topological polar surface area (TPSA) is 26.0 Å². The largest absolute Gasteiger partial charge is 0.454 e. The molecule has 0 bridgehead atoms. The SMILES string of the molecule is Cc1cccc2c1oc1c(C)nccc12. The van der Waals surface area contributed by atoms with Gasteiger partial charge in [-0.3, -0.25) is 4.98 Å². The Kier molecular flexibility index (Phi) is 1.60. The number of fused-ring (bicyclic) bond motifs is 3. The second-order valence-corrected chi connectivity index (χ2v) is 3.83. The molecular weight excluding hydrogens is 186 g/mol. The van der Waals surface area contributed by atoms with Crippen LogP contribution in [0.15, 0.2) is 34.9 Å². The van der Waals surface area contributed by atoms with Crippen molar-refractivity contribution in [2.24, 2.45) is 0 Å². The van der Waals surface area contributed by atoms with Gasteiger partial charge in [0.2, 0.25) is 0 Å². The molecule has 0 aliphatic rings. The first-order chi connectivity index (χ1) is 7.27. The summed E-state index contributed by atoms with van der Waals surface area (Å²) in [6.45, 7) is 4.04. The Labute approximate surface area is 87.5 Å². The van der Waals surface area contributed by atoms with Crippen molar-refractivity contribution >= 4 is 21.9 Å². The van der Waals surface area contributed by atoms with E-state index in [2.05, 4.69) is 30.1 Å². The molecule has 0 aliphatic carbocycles. The number of benzene rings is 1. The van der Waals surface area contributed by atoms with Crippen LogP contribution >= 0.6 is 0 Å². The van der Waals surface area contributed by atoms with Crippen LogP contribution in [0.1, 0.15) is 11.3 Å². The molecule has 2 nitrogen and oxygen atoms in total. The van der Waals surface area contributed by atoms with Gasteiger partial charge in [-0.1, -0.05) is 18.2 Å². The lowest BCUT2D eigenvalue weighted by Crippen LogP contribution is -1.77. The van der Waals surface area contributed by atoms with Crippen molar-refractivity contribution in [1.29, 1.82) is 0 Å². The van der Waals surface area contributed by atoms with Crippen molar-refractivity contribution in [1.82, 2.24) is 4.98 Å². The maximum atomic E-state index is 5.85. The third-order valence-corrected chi connectivity index (χ3v) is 2.79. The van der Waals surface area contributed by atoms with Crippen LogP contribution in [0.4, 0.5) is 0 Å². The molecular formula is C13H11NO. The van der Waals surface area contributed by atoms with Crippen LogP contribution in [0, 0.1) is 13.8 Å². The Balaban J connectivity index is 2.63. The fourth-order valence-electron chi connectivity index (χ4n) is 2.00. The Morgan fingerprint density at radius 3 is 2.67 bits per heavy atom. The van der Waals surface area contributed by atoms with E-state index < -0.39 is 0 Å². The van der Waals surface area contributed by atoms with E-state index in [4.69, 9.17) is 4.42 Å². The van der Waals surface area contributed by atoms with Crippen molar-refractivity contribution in [2.75, 3.05) is 0 Å². The molecule has 0 radical (unpaired) electrons. The molecule has 3 aromatic rings. The number of aryl methyl sites for hydroxylation is 2. The van der Waals surface area contributed by atoms with Gasteiger partial charge in [-0.2, -0.15) is 0 Å². The van der Waals surface area contributed by atoms with E-state index in [-0.39, 0.29) is 0 Å². The van der Waals surface area contributed by atoms with Gasteiger partial charge in [0.25, 0.3) is 0 Å². The fourth-order valence-corrected chi connectivity index (χ4v) is 2.00. The van der Waals surface area contributed by atoms with Crippen LogP contribution in [-0.4, -0.2) is 4.98 Å².